The number of urea groups is 1. The molecule has 1 saturated carbocycles. The number of anilines is 1. The molecule has 3 fully saturated rings. The quantitative estimate of drug-likeness (QED) is 0.647. The smallest absolute Gasteiger partial charge is 0.320 e. The molecule has 2 N–H and O–H groups in total. The van der Waals surface area contributed by atoms with E-state index in [4.69, 9.17) is 11.6 Å². The Bertz CT molecular complexity index is 881. The van der Waals surface area contributed by atoms with Crippen molar-refractivity contribution in [3.05, 3.63) is 28.3 Å². The fourth-order valence-electron chi connectivity index (χ4n) is 5.63. The summed E-state index contributed by atoms with van der Waals surface area (Å²) in [5, 5.41) is 13.4. The number of benzene rings is 1. The van der Waals surface area contributed by atoms with Gasteiger partial charge in [0.15, 0.2) is 0 Å². The number of halogens is 1. The lowest BCUT2D eigenvalue weighted by Gasteiger charge is -2.41. The summed E-state index contributed by atoms with van der Waals surface area (Å²) in [5.41, 5.74) is 2.93. The third-order valence-corrected chi connectivity index (χ3v) is 7.99. The highest BCUT2D eigenvalue weighted by Crippen LogP contribution is 2.30. The van der Waals surface area contributed by atoms with Crippen LogP contribution in [-0.2, 0) is 11.3 Å². The lowest BCUT2D eigenvalue weighted by molar-refractivity contribution is -0.117. The van der Waals surface area contributed by atoms with Crippen molar-refractivity contribution in [3.63, 3.8) is 0 Å². The molecule has 3 amide bonds. The van der Waals surface area contributed by atoms with Gasteiger partial charge in [0, 0.05) is 62.4 Å². The van der Waals surface area contributed by atoms with Gasteiger partial charge in [-0.2, -0.15) is 0 Å². The summed E-state index contributed by atoms with van der Waals surface area (Å²) < 4.78 is 0. The number of likely N-dealkylation sites (tertiary alicyclic amines) is 1. The number of rotatable bonds is 5. The maximum atomic E-state index is 12.8. The van der Waals surface area contributed by atoms with Gasteiger partial charge >= 0.3 is 6.03 Å². The number of nitrogens with one attached hydrogen (secondary N) is 1. The standard InChI is InChI=1S/C26H39ClN4O3/c1-18-16-29(11-12-31(18)26(34)30-9-3-4-10-30)17-21-14-22(27)15-24(19(21)2)28-25(33)13-20-5-7-23(32)8-6-20/h14-15,18,20,23,32H,3-13,16-17H2,1-2H3,(H,28,33)/t18-,20-,23+/m0/s1. The zero-order chi connectivity index (χ0) is 24.2. The van der Waals surface area contributed by atoms with Gasteiger partial charge in [0.2, 0.25) is 5.91 Å². The van der Waals surface area contributed by atoms with Gasteiger partial charge in [0.1, 0.15) is 0 Å². The molecule has 0 spiro atoms. The van der Waals surface area contributed by atoms with Crippen LogP contribution in [-0.4, -0.2) is 76.6 Å². The van der Waals surface area contributed by atoms with Gasteiger partial charge in [-0.25, -0.2) is 4.79 Å². The molecule has 1 aliphatic carbocycles. The third kappa shape index (κ3) is 6.23. The van der Waals surface area contributed by atoms with Gasteiger partial charge in [-0.3, -0.25) is 9.69 Å². The summed E-state index contributed by atoms with van der Waals surface area (Å²) in [6, 6.07) is 4.16. The van der Waals surface area contributed by atoms with Crippen molar-refractivity contribution in [3.8, 4) is 0 Å². The summed E-state index contributed by atoms with van der Waals surface area (Å²) in [4.78, 5) is 31.9. The molecule has 2 aliphatic heterocycles. The number of hydrogen-bond acceptors (Lipinski definition) is 4. The molecular formula is C26H39ClN4O3. The van der Waals surface area contributed by atoms with Crippen LogP contribution in [0.2, 0.25) is 5.02 Å². The molecule has 0 unspecified atom stereocenters. The van der Waals surface area contributed by atoms with Crippen LogP contribution in [0.5, 0.6) is 0 Å². The number of aliphatic hydroxyl groups excluding tert-OH is 1. The van der Waals surface area contributed by atoms with Gasteiger partial charge in [0.25, 0.3) is 0 Å². The highest BCUT2D eigenvalue weighted by molar-refractivity contribution is 6.31. The number of amides is 3. The molecule has 1 aromatic carbocycles. The molecule has 0 aromatic heterocycles. The van der Waals surface area contributed by atoms with E-state index in [9.17, 15) is 14.7 Å². The van der Waals surface area contributed by atoms with Gasteiger partial charge in [-0.15, -0.1) is 0 Å². The topological polar surface area (TPSA) is 76.1 Å². The van der Waals surface area contributed by atoms with Crippen LogP contribution < -0.4 is 5.32 Å². The fraction of sp³-hybridized carbons (Fsp3) is 0.692. The van der Waals surface area contributed by atoms with Crippen molar-refractivity contribution < 1.29 is 14.7 Å². The van der Waals surface area contributed by atoms with E-state index in [1.165, 1.54) is 0 Å². The first-order valence-corrected chi connectivity index (χ1v) is 13.2. The normalized spacial score (nSPS) is 26.1. The van der Waals surface area contributed by atoms with Crippen molar-refractivity contribution in [2.24, 2.45) is 5.92 Å². The van der Waals surface area contributed by atoms with E-state index in [1.807, 2.05) is 28.9 Å². The minimum absolute atomic E-state index is 0.0142. The SMILES string of the molecule is Cc1c(CN2CCN(C(=O)N3CCCC3)[C@@H](C)C2)cc(Cl)cc1NC(=O)C[C@H]1CC[C@@H](O)CC1. The Morgan fingerprint density at radius 1 is 1.09 bits per heavy atom. The molecular weight excluding hydrogens is 452 g/mol. The minimum atomic E-state index is -0.208. The summed E-state index contributed by atoms with van der Waals surface area (Å²) >= 11 is 6.44. The van der Waals surface area contributed by atoms with Crippen LogP contribution in [0, 0.1) is 12.8 Å². The number of aliphatic hydroxyl groups is 1. The van der Waals surface area contributed by atoms with Gasteiger partial charge < -0.3 is 20.2 Å². The van der Waals surface area contributed by atoms with Crippen molar-refractivity contribution in [2.75, 3.05) is 38.0 Å². The summed E-state index contributed by atoms with van der Waals surface area (Å²) in [7, 11) is 0. The summed E-state index contributed by atoms with van der Waals surface area (Å²) in [6.45, 7) is 9.04. The maximum absolute atomic E-state index is 12.8. The molecule has 8 heteroatoms. The third-order valence-electron chi connectivity index (χ3n) is 7.77. The summed E-state index contributed by atoms with van der Waals surface area (Å²) in [6.07, 6.45) is 5.87. The second-order valence-corrected chi connectivity index (χ2v) is 10.9. The molecule has 2 saturated heterocycles. The first kappa shape index (κ1) is 25.3. The number of hydrogen-bond donors (Lipinski definition) is 2. The molecule has 2 heterocycles. The van der Waals surface area contributed by atoms with Crippen LogP contribution in [0.15, 0.2) is 12.1 Å². The van der Waals surface area contributed by atoms with Crippen LogP contribution in [0.4, 0.5) is 10.5 Å². The molecule has 4 rings (SSSR count). The van der Waals surface area contributed by atoms with E-state index in [-0.39, 0.29) is 24.1 Å². The molecule has 3 aliphatic rings. The molecule has 34 heavy (non-hydrogen) atoms. The lowest BCUT2D eigenvalue weighted by Crippen LogP contribution is -2.56. The minimum Gasteiger partial charge on any atom is -0.393 e. The number of carbonyl (C=O) groups excluding carboxylic acids is 2. The van der Waals surface area contributed by atoms with Gasteiger partial charge in [-0.05, 0) is 81.5 Å². The van der Waals surface area contributed by atoms with E-state index in [1.54, 1.807) is 0 Å². The predicted octanol–water partition coefficient (Wildman–Crippen LogP) is 4.25. The van der Waals surface area contributed by atoms with Crippen LogP contribution >= 0.6 is 11.6 Å². The Morgan fingerprint density at radius 2 is 1.79 bits per heavy atom. The Kier molecular flexibility index (Phi) is 8.38. The number of piperazine rings is 1. The van der Waals surface area contributed by atoms with E-state index < -0.39 is 0 Å². The molecule has 0 bridgehead atoms. The highest BCUT2D eigenvalue weighted by Gasteiger charge is 2.31. The molecule has 1 aromatic rings. The maximum Gasteiger partial charge on any atom is 0.320 e. The van der Waals surface area contributed by atoms with Crippen molar-refractivity contribution >= 4 is 29.2 Å². The Labute approximate surface area is 208 Å². The second kappa shape index (κ2) is 11.3. The average molecular weight is 491 g/mol. The van der Waals surface area contributed by atoms with Crippen LogP contribution in [0.1, 0.15) is 63.0 Å². The van der Waals surface area contributed by atoms with E-state index in [0.717, 1.165) is 94.6 Å². The Morgan fingerprint density at radius 3 is 2.47 bits per heavy atom. The zero-order valence-electron chi connectivity index (χ0n) is 20.6. The predicted molar refractivity (Wildman–Crippen MR) is 135 cm³/mol. The van der Waals surface area contributed by atoms with Crippen molar-refractivity contribution in [2.45, 2.75) is 77.5 Å². The number of carbonyl (C=O) groups is 2. The fourth-order valence-corrected chi connectivity index (χ4v) is 5.87. The van der Waals surface area contributed by atoms with E-state index >= 15 is 0 Å². The molecule has 0 radical (unpaired) electrons. The van der Waals surface area contributed by atoms with Gasteiger partial charge in [0.05, 0.1) is 6.10 Å². The first-order chi connectivity index (χ1) is 16.3. The zero-order valence-corrected chi connectivity index (χ0v) is 21.3. The number of nitrogens with zero attached hydrogens (tertiary/aromatic N) is 3. The largest absolute Gasteiger partial charge is 0.393 e. The Hall–Kier alpha value is -1.83. The summed E-state index contributed by atoms with van der Waals surface area (Å²) in [5.74, 6) is 0.351. The van der Waals surface area contributed by atoms with Gasteiger partial charge in [-0.1, -0.05) is 11.6 Å². The average Bonchev–Trinajstić information content (AvgIpc) is 3.33. The van der Waals surface area contributed by atoms with Crippen LogP contribution in [0.25, 0.3) is 0 Å². The molecule has 188 valence electrons. The second-order valence-electron chi connectivity index (χ2n) is 10.4. The first-order valence-electron chi connectivity index (χ1n) is 12.8. The Balaban J connectivity index is 1.34. The van der Waals surface area contributed by atoms with Crippen LogP contribution in [0.3, 0.4) is 0 Å². The highest BCUT2D eigenvalue weighted by atomic mass is 35.5. The van der Waals surface area contributed by atoms with E-state index in [0.29, 0.717) is 17.4 Å². The lowest BCUT2D eigenvalue weighted by atomic mass is 9.85. The van der Waals surface area contributed by atoms with Crippen molar-refractivity contribution in [1.82, 2.24) is 14.7 Å². The van der Waals surface area contributed by atoms with Crippen molar-refractivity contribution in [1.29, 1.82) is 0 Å². The van der Waals surface area contributed by atoms with E-state index in [2.05, 4.69) is 17.1 Å². The molecule has 7 nitrogen and oxygen atoms in total. The molecule has 1 atom stereocenters. The monoisotopic (exact) mass is 490 g/mol.